The van der Waals surface area contributed by atoms with Crippen molar-refractivity contribution in [3.63, 3.8) is 0 Å². The van der Waals surface area contributed by atoms with E-state index in [4.69, 9.17) is 37.9 Å². The van der Waals surface area contributed by atoms with E-state index in [0.29, 0.717) is 18.4 Å². The van der Waals surface area contributed by atoms with Crippen LogP contribution < -0.4 is 5.32 Å². The predicted molar refractivity (Wildman–Crippen MR) is 317 cm³/mol. The largest absolute Gasteiger partial charge is 0.458 e. The average molecular weight is 1140 g/mol. The molecule has 2 N–H and O–H groups in total. The molecule has 0 aliphatic carbocycles. The molecule has 1 aliphatic heterocycles. The highest BCUT2D eigenvalue weighted by atomic mass is 16.7. The van der Waals surface area contributed by atoms with E-state index < -0.39 is 91.1 Å². The average Bonchev–Trinajstić information content (AvgIpc) is 3.49. The van der Waals surface area contributed by atoms with Crippen molar-refractivity contribution in [3.05, 3.63) is 83.9 Å². The molecular weight excluding hydrogens is 1030 g/mol. The molecule has 15 nitrogen and oxygen atoms in total. The van der Waals surface area contributed by atoms with Crippen LogP contribution in [0.1, 0.15) is 243 Å². The molecule has 458 valence electrons. The van der Waals surface area contributed by atoms with Crippen molar-refractivity contribution in [2.24, 2.45) is 0 Å². The second-order valence-electron chi connectivity index (χ2n) is 23.7. The van der Waals surface area contributed by atoms with Crippen molar-refractivity contribution in [2.45, 2.75) is 276 Å². The highest BCUT2D eigenvalue weighted by Gasteiger charge is 2.50. The Labute approximate surface area is 487 Å². The topological polar surface area (TPSA) is 191 Å². The van der Waals surface area contributed by atoms with E-state index in [-0.39, 0.29) is 31.1 Å². The van der Waals surface area contributed by atoms with Crippen LogP contribution in [0.25, 0.3) is 0 Å². The Morgan fingerprint density at radius 1 is 0.580 bits per heavy atom. The first-order chi connectivity index (χ1) is 38.9. The van der Waals surface area contributed by atoms with Gasteiger partial charge in [0.05, 0.1) is 30.4 Å². The lowest BCUT2D eigenvalue weighted by Crippen LogP contribution is -2.62. The summed E-state index contributed by atoms with van der Waals surface area (Å²) in [5, 5.41) is 15.3. The quantitative estimate of drug-likeness (QED) is 0.0276. The van der Waals surface area contributed by atoms with Crippen LogP contribution in [-0.2, 0) is 52.3 Å². The number of unbranched alkanes of at least 4 members (excludes halogenated alkanes) is 23. The summed E-state index contributed by atoms with van der Waals surface area (Å²) in [5.74, 6) is -3.08. The van der Waals surface area contributed by atoms with Crippen molar-refractivity contribution < 1.29 is 67.0 Å². The van der Waals surface area contributed by atoms with Gasteiger partial charge in [-0.1, -0.05) is 198 Å². The number of benzene rings is 2. The summed E-state index contributed by atoms with van der Waals surface area (Å²) in [5.41, 5.74) is -1.16. The fourth-order valence-corrected chi connectivity index (χ4v) is 9.61. The summed E-state index contributed by atoms with van der Waals surface area (Å²) >= 11 is 0. The summed E-state index contributed by atoms with van der Waals surface area (Å²) in [4.78, 5) is 67.6. The highest BCUT2D eigenvalue weighted by Crippen LogP contribution is 2.29. The lowest BCUT2D eigenvalue weighted by molar-refractivity contribution is -0.309. The molecule has 81 heavy (non-hydrogen) atoms. The van der Waals surface area contributed by atoms with Gasteiger partial charge in [-0.15, -0.1) is 0 Å². The van der Waals surface area contributed by atoms with Crippen LogP contribution in [0, 0.1) is 0 Å². The molecule has 7 atom stereocenters. The molecule has 0 saturated carbocycles. The summed E-state index contributed by atoms with van der Waals surface area (Å²) in [7, 11) is 0. The predicted octanol–water partition coefficient (Wildman–Crippen LogP) is 13.8. The van der Waals surface area contributed by atoms with Gasteiger partial charge in [0, 0.05) is 6.42 Å². The molecule has 15 heteroatoms. The van der Waals surface area contributed by atoms with Gasteiger partial charge in [0.25, 0.3) is 0 Å². The number of hydrogen-bond acceptors (Lipinski definition) is 14. The molecule has 3 rings (SSSR count). The van der Waals surface area contributed by atoms with E-state index in [9.17, 15) is 29.1 Å². The molecule has 2 aromatic rings. The maximum absolute atomic E-state index is 14.0. The smallest absolute Gasteiger partial charge is 0.338 e. The molecule has 1 fully saturated rings. The number of carbonyl (C=O) groups excluding carboxylic acids is 5. The fraction of sp³-hybridized carbons (Fsp3) is 0.712. The summed E-state index contributed by atoms with van der Waals surface area (Å²) in [6, 6.07) is 15.8. The fourth-order valence-electron chi connectivity index (χ4n) is 9.61. The third-order valence-corrected chi connectivity index (χ3v) is 13.8. The van der Waals surface area contributed by atoms with E-state index in [2.05, 4.69) is 19.2 Å². The summed E-state index contributed by atoms with van der Waals surface area (Å²) < 4.78 is 48.0. The van der Waals surface area contributed by atoms with Crippen LogP contribution >= 0.6 is 0 Å². The zero-order valence-electron chi connectivity index (χ0n) is 50.9. The number of aliphatic hydroxyl groups excluding tert-OH is 1. The van der Waals surface area contributed by atoms with E-state index >= 15 is 0 Å². The first kappa shape index (κ1) is 70.6. The molecule has 0 radical (unpaired) electrons. The Hall–Kier alpha value is -4.67. The summed E-state index contributed by atoms with van der Waals surface area (Å²) in [6.07, 6.45) is 24.6. The number of amides is 1. The maximum atomic E-state index is 14.0. The number of esters is 4. The van der Waals surface area contributed by atoms with Crippen LogP contribution in [0.4, 0.5) is 0 Å². The number of carbonyl (C=O) groups is 5. The zero-order chi connectivity index (χ0) is 59.1. The van der Waals surface area contributed by atoms with E-state index in [1.807, 2.05) is 6.08 Å². The molecule has 1 saturated heterocycles. The van der Waals surface area contributed by atoms with Crippen LogP contribution in [0.5, 0.6) is 0 Å². The van der Waals surface area contributed by atoms with Crippen molar-refractivity contribution in [1.29, 1.82) is 0 Å². The molecule has 0 spiro atoms. The lowest BCUT2D eigenvalue weighted by atomic mass is 9.98. The van der Waals surface area contributed by atoms with Gasteiger partial charge in [-0.25, -0.2) is 19.2 Å². The van der Waals surface area contributed by atoms with Crippen molar-refractivity contribution in [1.82, 2.24) is 5.32 Å². The zero-order valence-corrected chi connectivity index (χ0v) is 50.9. The molecule has 0 bridgehead atoms. The first-order valence-electron chi connectivity index (χ1n) is 31.0. The molecule has 1 heterocycles. The van der Waals surface area contributed by atoms with Gasteiger partial charge in [0.15, 0.2) is 12.4 Å². The second-order valence-corrected chi connectivity index (χ2v) is 23.7. The monoisotopic (exact) mass is 1140 g/mol. The Morgan fingerprint density at radius 3 is 1.53 bits per heavy atom. The molecule has 2 aromatic carbocycles. The van der Waals surface area contributed by atoms with Gasteiger partial charge < -0.3 is 48.3 Å². The minimum Gasteiger partial charge on any atom is -0.458 e. The van der Waals surface area contributed by atoms with Crippen molar-refractivity contribution >= 4 is 29.8 Å². The maximum Gasteiger partial charge on any atom is 0.338 e. The minimum atomic E-state index is -1.76. The molecule has 1 aliphatic rings. The van der Waals surface area contributed by atoms with Crippen LogP contribution in [0.3, 0.4) is 0 Å². The lowest BCUT2D eigenvalue weighted by Gasteiger charge is -2.44. The Kier molecular flexibility index (Phi) is 36.0. The molecule has 1 amide bonds. The van der Waals surface area contributed by atoms with Gasteiger partial charge in [-0.3, -0.25) is 4.79 Å². The Balaban J connectivity index is 1.91. The van der Waals surface area contributed by atoms with Gasteiger partial charge >= 0.3 is 23.9 Å². The number of ether oxygens (including phenoxy) is 8. The van der Waals surface area contributed by atoms with E-state index in [1.54, 1.807) is 108 Å². The van der Waals surface area contributed by atoms with E-state index in [1.165, 1.54) is 109 Å². The Bertz CT molecular complexity index is 2030. The number of rotatable bonds is 43. The number of nitrogens with one attached hydrogen (secondary N) is 1. The standard InChI is InChI=1S/C66H105NO14/c1-9-11-13-15-17-19-21-23-25-27-29-31-39-45-54(77-62(72)51-41-35-33-36-42-51)53(67-56(68)46-40-32-30-28-26-24-22-20-18-16-14-12-10-2)47-76-64-59(71)61(79-63(73)52-43-37-34-38-44-52)60(75-50-58(70)81-66(6,7)8)55(78-64)48-74-49-57(69)80-65(3,4)5/h33-39,41-45,53-55,59-61,64,71H,9-32,40,46-50H2,1-8H3,(H,67,68)/t53-,54+,55+,59+,60-,61+,64-/m0/s1. The molecular formula is C66H105NO14. The Morgan fingerprint density at radius 2 is 1.04 bits per heavy atom. The number of hydrogen-bond donors (Lipinski definition) is 2. The van der Waals surface area contributed by atoms with E-state index in [0.717, 1.165) is 38.5 Å². The molecule has 0 aromatic heterocycles. The molecule has 0 unspecified atom stereocenters. The first-order valence-corrected chi connectivity index (χ1v) is 31.0. The van der Waals surface area contributed by atoms with Gasteiger partial charge in [0.2, 0.25) is 5.91 Å². The van der Waals surface area contributed by atoms with Crippen LogP contribution in [0.2, 0.25) is 0 Å². The third kappa shape index (κ3) is 32.7. The minimum absolute atomic E-state index is 0.173. The van der Waals surface area contributed by atoms with Crippen LogP contribution in [0.15, 0.2) is 72.8 Å². The van der Waals surface area contributed by atoms with Crippen LogP contribution in [-0.4, -0.2) is 115 Å². The van der Waals surface area contributed by atoms with Crippen molar-refractivity contribution in [3.8, 4) is 0 Å². The summed E-state index contributed by atoms with van der Waals surface area (Å²) in [6.45, 7) is 12.9. The van der Waals surface area contributed by atoms with Gasteiger partial charge in [-0.2, -0.15) is 0 Å². The normalized spacial score (nSPS) is 18.3. The second kappa shape index (κ2) is 41.3. The number of aliphatic hydroxyl groups is 1. The third-order valence-electron chi connectivity index (χ3n) is 13.8. The van der Waals surface area contributed by atoms with Gasteiger partial charge in [-0.05, 0) is 91.1 Å². The number of allylic oxidation sites excluding steroid dienone is 1. The van der Waals surface area contributed by atoms with Gasteiger partial charge in [0.1, 0.15) is 48.8 Å². The highest BCUT2D eigenvalue weighted by molar-refractivity contribution is 5.90. The van der Waals surface area contributed by atoms with Crippen molar-refractivity contribution in [2.75, 3.05) is 26.4 Å². The SMILES string of the molecule is CCCCCCCCCCCCCC=C[C@@H](OC(=O)c1ccccc1)[C@H](CO[C@H]1O[C@H](COCC(=O)OC(C)(C)C)[C@H](OCC(=O)OC(C)(C)C)[C@H](OC(=O)c2ccccc2)[C@H]1O)NC(=O)CCCCCCCCCCCCCCC.